The van der Waals surface area contributed by atoms with Gasteiger partial charge in [-0.05, 0) is 37.0 Å². The molecule has 0 spiro atoms. The van der Waals surface area contributed by atoms with Gasteiger partial charge >= 0.3 is 0 Å². The summed E-state index contributed by atoms with van der Waals surface area (Å²) in [7, 11) is 0. The van der Waals surface area contributed by atoms with E-state index >= 15 is 0 Å². The lowest BCUT2D eigenvalue weighted by molar-refractivity contribution is 0.0227. The van der Waals surface area contributed by atoms with Crippen molar-refractivity contribution in [1.29, 1.82) is 0 Å². The van der Waals surface area contributed by atoms with Crippen molar-refractivity contribution in [3.05, 3.63) is 0 Å². The van der Waals surface area contributed by atoms with Gasteiger partial charge in [0.1, 0.15) is 0 Å². The smallest absolute Gasteiger partial charge is 0.0468 e. The molecule has 2 fully saturated rings. The molecule has 16 heavy (non-hydrogen) atoms. The van der Waals surface area contributed by atoms with Gasteiger partial charge in [0.15, 0.2) is 0 Å². The summed E-state index contributed by atoms with van der Waals surface area (Å²) in [5.74, 6) is 0.793. The first-order valence-electron chi connectivity index (χ1n) is 6.59. The number of nitrogens with two attached hydrogens (primary N) is 1. The van der Waals surface area contributed by atoms with Crippen LogP contribution >= 0.6 is 0 Å². The highest BCUT2D eigenvalue weighted by Gasteiger charge is 2.38. The summed E-state index contributed by atoms with van der Waals surface area (Å²) in [5.41, 5.74) is 6.57. The summed E-state index contributed by atoms with van der Waals surface area (Å²) < 4.78 is 5.42. The van der Waals surface area contributed by atoms with Crippen LogP contribution < -0.4 is 11.1 Å². The highest BCUT2D eigenvalue weighted by atomic mass is 16.5. The van der Waals surface area contributed by atoms with Gasteiger partial charge in [-0.2, -0.15) is 0 Å². The minimum atomic E-state index is 0.131. The van der Waals surface area contributed by atoms with Crippen molar-refractivity contribution in [2.75, 3.05) is 26.3 Å². The number of ether oxygens (including phenoxy) is 1. The van der Waals surface area contributed by atoms with Crippen LogP contribution in [0.4, 0.5) is 0 Å². The second kappa shape index (κ2) is 4.63. The van der Waals surface area contributed by atoms with E-state index in [1.165, 1.54) is 25.7 Å². The molecule has 1 aliphatic heterocycles. The average molecular weight is 226 g/mol. The zero-order valence-electron chi connectivity index (χ0n) is 10.7. The first-order valence-corrected chi connectivity index (χ1v) is 6.59. The fourth-order valence-corrected chi connectivity index (χ4v) is 2.59. The van der Waals surface area contributed by atoms with E-state index in [-0.39, 0.29) is 5.54 Å². The SMILES string of the molecule is CC(C)(CNCC1(N)CC1)C1CCOCC1. The molecule has 0 bridgehead atoms. The summed E-state index contributed by atoms with van der Waals surface area (Å²) in [4.78, 5) is 0. The number of rotatable bonds is 5. The van der Waals surface area contributed by atoms with Gasteiger partial charge in [-0.1, -0.05) is 13.8 Å². The fraction of sp³-hybridized carbons (Fsp3) is 1.00. The van der Waals surface area contributed by atoms with Crippen LogP contribution in [0.1, 0.15) is 39.5 Å². The van der Waals surface area contributed by atoms with Crippen LogP contribution in [-0.2, 0) is 4.74 Å². The van der Waals surface area contributed by atoms with E-state index in [1.54, 1.807) is 0 Å². The maximum Gasteiger partial charge on any atom is 0.0468 e. The van der Waals surface area contributed by atoms with Crippen molar-refractivity contribution < 1.29 is 4.74 Å². The molecule has 0 radical (unpaired) electrons. The molecule has 1 heterocycles. The molecule has 1 aliphatic carbocycles. The first-order chi connectivity index (χ1) is 7.52. The number of hydrogen-bond donors (Lipinski definition) is 2. The maximum absolute atomic E-state index is 6.07. The van der Waals surface area contributed by atoms with Gasteiger partial charge in [-0.25, -0.2) is 0 Å². The van der Waals surface area contributed by atoms with Crippen LogP contribution in [0.25, 0.3) is 0 Å². The van der Waals surface area contributed by atoms with Gasteiger partial charge in [0.2, 0.25) is 0 Å². The van der Waals surface area contributed by atoms with E-state index < -0.39 is 0 Å². The summed E-state index contributed by atoms with van der Waals surface area (Å²) in [6, 6.07) is 0. The van der Waals surface area contributed by atoms with Crippen molar-refractivity contribution in [2.24, 2.45) is 17.1 Å². The number of nitrogens with one attached hydrogen (secondary N) is 1. The van der Waals surface area contributed by atoms with Crippen molar-refractivity contribution in [3.63, 3.8) is 0 Å². The van der Waals surface area contributed by atoms with Crippen LogP contribution in [0.3, 0.4) is 0 Å². The van der Waals surface area contributed by atoms with E-state index in [9.17, 15) is 0 Å². The second-order valence-corrected chi connectivity index (χ2v) is 6.34. The van der Waals surface area contributed by atoms with Crippen LogP contribution in [0.5, 0.6) is 0 Å². The van der Waals surface area contributed by atoms with Gasteiger partial charge in [-0.3, -0.25) is 0 Å². The molecule has 1 saturated carbocycles. The van der Waals surface area contributed by atoms with Crippen LogP contribution in [-0.4, -0.2) is 31.8 Å². The molecular formula is C13H26N2O. The van der Waals surface area contributed by atoms with Crippen molar-refractivity contribution in [1.82, 2.24) is 5.32 Å². The van der Waals surface area contributed by atoms with Crippen molar-refractivity contribution in [2.45, 2.75) is 45.1 Å². The van der Waals surface area contributed by atoms with E-state index in [2.05, 4.69) is 19.2 Å². The van der Waals surface area contributed by atoms with Crippen molar-refractivity contribution >= 4 is 0 Å². The summed E-state index contributed by atoms with van der Waals surface area (Å²) in [6.07, 6.45) is 4.81. The quantitative estimate of drug-likeness (QED) is 0.747. The lowest BCUT2D eigenvalue weighted by Crippen LogP contribution is -2.43. The molecule has 3 heteroatoms. The van der Waals surface area contributed by atoms with Crippen LogP contribution in [0.2, 0.25) is 0 Å². The molecule has 2 rings (SSSR count). The molecular weight excluding hydrogens is 200 g/mol. The van der Waals surface area contributed by atoms with Gasteiger partial charge in [0, 0.05) is 31.8 Å². The lowest BCUT2D eigenvalue weighted by Gasteiger charge is -2.37. The largest absolute Gasteiger partial charge is 0.381 e. The fourth-order valence-electron chi connectivity index (χ4n) is 2.59. The topological polar surface area (TPSA) is 47.3 Å². The van der Waals surface area contributed by atoms with Gasteiger partial charge in [-0.15, -0.1) is 0 Å². The Hall–Kier alpha value is -0.120. The van der Waals surface area contributed by atoms with Gasteiger partial charge < -0.3 is 15.8 Å². The minimum Gasteiger partial charge on any atom is -0.381 e. The van der Waals surface area contributed by atoms with E-state index in [0.29, 0.717) is 5.41 Å². The molecule has 3 nitrogen and oxygen atoms in total. The lowest BCUT2D eigenvalue weighted by atomic mass is 9.74. The minimum absolute atomic E-state index is 0.131. The molecule has 3 N–H and O–H groups in total. The van der Waals surface area contributed by atoms with Crippen LogP contribution in [0.15, 0.2) is 0 Å². The Morgan fingerprint density at radius 3 is 2.50 bits per heavy atom. The summed E-state index contributed by atoms with van der Waals surface area (Å²) >= 11 is 0. The van der Waals surface area contributed by atoms with E-state index in [4.69, 9.17) is 10.5 Å². The monoisotopic (exact) mass is 226 g/mol. The molecule has 94 valence electrons. The zero-order chi connectivity index (χ0) is 11.6. The second-order valence-electron chi connectivity index (χ2n) is 6.34. The summed E-state index contributed by atoms with van der Waals surface area (Å²) in [5, 5.41) is 3.56. The molecule has 0 aromatic rings. The normalized spacial score (nSPS) is 25.7. The first kappa shape index (κ1) is 12.3. The van der Waals surface area contributed by atoms with Gasteiger partial charge in [0.05, 0.1) is 0 Å². The predicted molar refractivity (Wildman–Crippen MR) is 66.3 cm³/mol. The predicted octanol–water partition coefficient (Wildman–Crippen LogP) is 1.52. The molecule has 0 aromatic heterocycles. The third-order valence-electron chi connectivity index (χ3n) is 4.28. The van der Waals surface area contributed by atoms with Gasteiger partial charge in [0.25, 0.3) is 0 Å². The Balaban J connectivity index is 1.72. The molecule has 0 atom stereocenters. The maximum atomic E-state index is 6.07. The van der Waals surface area contributed by atoms with Crippen molar-refractivity contribution in [3.8, 4) is 0 Å². The summed E-state index contributed by atoms with van der Waals surface area (Å²) in [6.45, 7) is 8.68. The Morgan fingerprint density at radius 1 is 1.31 bits per heavy atom. The van der Waals surface area contributed by atoms with Crippen LogP contribution in [0, 0.1) is 11.3 Å². The Kier molecular flexibility index (Phi) is 3.57. The third-order valence-corrected chi connectivity index (χ3v) is 4.28. The molecule has 1 saturated heterocycles. The highest BCUT2D eigenvalue weighted by Crippen LogP contribution is 2.35. The Morgan fingerprint density at radius 2 is 1.94 bits per heavy atom. The van der Waals surface area contributed by atoms with E-state index in [1.807, 2.05) is 0 Å². The average Bonchev–Trinajstić information content (AvgIpc) is 2.98. The number of hydrogen-bond acceptors (Lipinski definition) is 3. The Bertz CT molecular complexity index is 230. The standard InChI is InChI=1S/C13H26N2O/c1-12(2,11-3-7-16-8-4-11)9-15-10-13(14)5-6-13/h11,15H,3-10,14H2,1-2H3. The Labute approximate surface area is 99.1 Å². The molecule has 2 aliphatic rings. The third kappa shape index (κ3) is 3.19. The molecule has 0 aromatic carbocycles. The highest BCUT2D eigenvalue weighted by molar-refractivity contribution is 5.00. The zero-order valence-corrected chi connectivity index (χ0v) is 10.7. The molecule has 0 unspecified atom stereocenters. The van der Waals surface area contributed by atoms with E-state index in [0.717, 1.165) is 32.2 Å². The molecule has 0 amide bonds.